The lowest BCUT2D eigenvalue weighted by atomic mass is 10.3. The number of aryl methyl sites for hydroxylation is 1. The second-order valence-corrected chi connectivity index (χ2v) is 4.05. The Labute approximate surface area is 112 Å². The molecule has 0 aliphatic rings. The summed E-state index contributed by atoms with van der Waals surface area (Å²) in [5.41, 5.74) is 1.01. The van der Waals surface area contributed by atoms with Crippen molar-refractivity contribution in [1.29, 1.82) is 0 Å². The highest BCUT2D eigenvalue weighted by Crippen LogP contribution is 2.11. The minimum absolute atomic E-state index is 0.405. The fraction of sp³-hybridized carbons (Fsp3) is 0.462. The molecule has 102 valence electrons. The van der Waals surface area contributed by atoms with Crippen LogP contribution >= 0.6 is 0 Å². The van der Waals surface area contributed by atoms with E-state index in [0.717, 1.165) is 36.9 Å². The van der Waals surface area contributed by atoms with Crippen LogP contribution in [-0.4, -0.2) is 26.3 Å². The van der Waals surface area contributed by atoms with Crippen LogP contribution in [0.4, 0.5) is 0 Å². The molecule has 2 heterocycles. The molecule has 0 unspecified atom stereocenters. The zero-order chi connectivity index (χ0) is 13.5. The molecule has 2 rings (SSSR count). The molecule has 0 aliphatic carbocycles. The highest BCUT2D eigenvalue weighted by molar-refractivity contribution is 5.19. The van der Waals surface area contributed by atoms with Gasteiger partial charge in [0.1, 0.15) is 18.7 Å². The standard InChI is InChI=1S/C13H19N5O/c1-3-14-7-11-5-6-12(8-15-11)19-9-13-16-10-17-18(13)4-2/h5-6,8,10,14H,3-4,7,9H2,1-2H3. The van der Waals surface area contributed by atoms with Gasteiger partial charge in [0.05, 0.1) is 11.9 Å². The van der Waals surface area contributed by atoms with E-state index in [1.807, 2.05) is 23.7 Å². The Hall–Kier alpha value is -1.95. The quantitative estimate of drug-likeness (QED) is 0.815. The zero-order valence-electron chi connectivity index (χ0n) is 11.3. The van der Waals surface area contributed by atoms with E-state index >= 15 is 0 Å². The van der Waals surface area contributed by atoms with Crippen molar-refractivity contribution < 1.29 is 4.74 Å². The van der Waals surface area contributed by atoms with Crippen molar-refractivity contribution in [2.75, 3.05) is 6.54 Å². The van der Waals surface area contributed by atoms with Gasteiger partial charge in [-0.25, -0.2) is 9.67 Å². The SMILES string of the molecule is CCNCc1ccc(OCc2ncnn2CC)cn1. The van der Waals surface area contributed by atoms with E-state index in [-0.39, 0.29) is 0 Å². The minimum atomic E-state index is 0.405. The summed E-state index contributed by atoms with van der Waals surface area (Å²) in [5, 5.41) is 7.33. The molecule has 0 bridgehead atoms. The van der Waals surface area contributed by atoms with Crippen LogP contribution in [0, 0.1) is 0 Å². The van der Waals surface area contributed by atoms with Crippen molar-refractivity contribution >= 4 is 0 Å². The Morgan fingerprint density at radius 2 is 2.16 bits per heavy atom. The summed E-state index contributed by atoms with van der Waals surface area (Å²) < 4.78 is 7.46. The van der Waals surface area contributed by atoms with Gasteiger partial charge in [-0.2, -0.15) is 5.10 Å². The highest BCUT2D eigenvalue weighted by atomic mass is 16.5. The predicted octanol–water partition coefficient (Wildman–Crippen LogP) is 1.38. The molecule has 0 aliphatic heterocycles. The number of hydrogen-bond acceptors (Lipinski definition) is 5. The zero-order valence-corrected chi connectivity index (χ0v) is 11.3. The maximum absolute atomic E-state index is 5.65. The number of nitrogens with one attached hydrogen (secondary N) is 1. The van der Waals surface area contributed by atoms with Gasteiger partial charge in [-0.3, -0.25) is 4.98 Å². The summed E-state index contributed by atoms with van der Waals surface area (Å²) >= 11 is 0. The molecule has 6 nitrogen and oxygen atoms in total. The van der Waals surface area contributed by atoms with E-state index in [1.165, 1.54) is 0 Å². The molecule has 0 amide bonds. The minimum Gasteiger partial charge on any atom is -0.484 e. The van der Waals surface area contributed by atoms with Crippen molar-refractivity contribution in [3.63, 3.8) is 0 Å². The average molecular weight is 261 g/mol. The first-order chi connectivity index (χ1) is 9.33. The molecule has 6 heteroatoms. The van der Waals surface area contributed by atoms with Gasteiger partial charge in [0.2, 0.25) is 0 Å². The van der Waals surface area contributed by atoms with Crippen LogP contribution < -0.4 is 10.1 Å². The van der Waals surface area contributed by atoms with Crippen molar-refractivity contribution in [2.24, 2.45) is 0 Å². The second kappa shape index (κ2) is 6.84. The van der Waals surface area contributed by atoms with Crippen molar-refractivity contribution in [3.05, 3.63) is 36.2 Å². The summed E-state index contributed by atoms with van der Waals surface area (Å²) in [6.07, 6.45) is 3.28. The first-order valence-electron chi connectivity index (χ1n) is 6.48. The van der Waals surface area contributed by atoms with Crippen LogP contribution in [-0.2, 0) is 19.7 Å². The van der Waals surface area contributed by atoms with Crippen LogP contribution in [0.15, 0.2) is 24.7 Å². The average Bonchev–Trinajstić information content (AvgIpc) is 2.91. The molecule has 0 radical (unpaired) electrons. The molecule has 0 fully saturated rings. The number of hydrogen-bond donors (Lipinski definition) is 1. The molecule has 0 saturated heterocycles. The Morgan fingerprint density at radius 1 is 1.26 bits per heavy atom. The predicted molar refractivity (Wildman–Crippen MR) is 71.6 cm³/mol. The van der Waals surface area contributed by atoms with Crippen molar-refractivity contribution in [3.8, 4) is 5.75 Å². The maximum atomic E-state index is 5.65. The molecular weight excluding hydrogens is 242 g/mol. The molecule has 2 aromatic heterocycles. The van der Waals surface area contributed by atoms with Crippen molar-refractivity contribution in [1.82, 2.24) is 25.1 Å². The number of aromatic nitrogens is 4. The van der Waals surface area contributed by atoms with Gasteiger partial charge in [0.15, 0.2) is 5.82 Å². The third-order valence-corrected chi connectivity index (χ3v) is 2.72. The molecule has 19 heavy (non-hydrogen) atoms. The summed E-state index contributed by atoms with van der Waals surface area (Å²) in [6.45, 7) is 7.00. The van der Waals surface area contributed by atoms with E-state index in [9.17, 15) is 0 Å². The third-order valence-electron chi connectivity index (χ3n) is 2.72. The molecule has 1 N–H and O–H groups in total. The molecule has 0 saturated carbocycles. The number of nitrogens with zero attached hydrogens (tertiary/aromatic N) is 4. The molecule has 0 spiro atoms. The maximum Gasteiger partial charge on any atom is 0.164 e. The summed E-state index contributed by atoms with van der Waals surface area (Å²) in [5.74, 6) is 1.56. The summed E-state index contributed by atoms with van der Waals surface area (Å²) in [7, 11) is 0. The van der Waals surface area contributed by atoms with Gasteiger partial charge in [-0.05, 0) is 25.6 Å². The number of pyridine rings is 1. The Bertz CT molecular complexity index is 494. The molecule has 0 atom stereocenters. The van der Waals surface area contributed by atoms with Gasteiger partial charge in [0.25, 0.3) is 0 Å². The molecule has 0 aromatic carbocycles. The smallest absolute Gasteiger partial charge is 0.164 e. The second-order valence-electron chi connectivity index (χ2n) is 4.05. The fourth-order valence-corrected chi connectivity index (χ4v) is 1.67. The van der Waals surface area contributed by atoms with Crippen LogP contribution in [0.1, 0.15) is 25.4 Å². The van der Waals surface area contributed by atoms with E-state index in [0.29, 0.717) is 6.61 Å². The van der Waals surface area contributed by atoms with Crippen LogP contribution in [0.2, 0.25) is 0 Å². The number of rotatable bonds is 7. The lowest BCUT2D eigenvalue weighted by Gasteiger charge is -2.07. The van der Waals surface area contributed by atoms with Gasteiger partial charge in [0, 0.05) is 13.1 Å². The van der Waals surface area contributed by atoms with E-state index in [2.05, 4.69) is 27.3 Å². The normalized spacial score (nSPS) is 10.6. The first-order valence-corrected chi connectivity index (χ1v) is 6.48. The van der Waals surface area contributed by atoms with Gasteiger partial charge in [-0.15, -0.1) is 0 Å². The Balaban J connectivity index is 1.89. The third kappa shape index (κ3) is 3.75. The first kappa shape index (κ1) is 13.5. The van der Waals surface area contributed by atoms with Gasteiger partial charge >= 0.3 is 0 Å². The monoisotopic (exact) mass is 261 g/mol. The van der Waals surface area contributed by atoms with Crippen LogP contribution in [0.25, 0.3) is 0 Å². The lowest BCUT2D eigenvalue weighted by Crippen LogP contribution is -2.12. The van der Waals surface area contributed by atoms with E-state index < -0.39 is 0 Å². The lowest BCUT2D eigenvalue weighted by molar-refractivity contribution is 0.286. The Morgan fingerprint density at radius 3 is 2.84 bits per heavy atom. The molecule has 2 aromatic rings. The van der Waals surface area contributed by atoms with Crippen molar-refractivity contribution in [2.45, 2.75) is 33.5 Å². The van der Waals surface area contributed by atoms with E-state index in [4.69, 9.17) is 4.74 Å². The van der Waals surface area contributed by atoms with Crippen LogP contribution in [0.5, 0.6) is 5.75 Å². The Kier molecular flexibility index (Phi) is 4.85. The topological polar surface area (TPSA) is 64.9 Å². The van der Waals surface area contributed by atoms with Gasteiger partial charge < -0.3 is 10.1 Å². The van der Waals surface area contributed by atoms with E-state index in [1.54, 1.807) is 12.5 Å². The largest absolute Gasteiger partial charge is 0.484 e. The highest BCUT2D eigenvalue weighted by Gasteiger charge is 2.03. The van der Waals surface area contributed by atoms with Gasteiger partial charge in [-0.1, -0.05) is 6.92 Å². The summed E-state index contributed by atoms with van der Waals surface area (Å²) in [6, 6.07) is 3.88. The number of ether oxygens (including phenoxy) is 1. The summed E-state index contributed by atoms with van der Waals surface area (Å²) in [4.78, 5) is 8.48. The molecular formula is C13H19N5O. The van der Waals surface area contributed by atoms with Crippen LogP contribution in [0.3, 0.4) is 0 Å². The fourth-order valence-electron chi connectivity index (χ4n) is 1.67.